The van der Waals surface area contributed by atoms with Crippen LogP contribution in [0.25, 0.3) is 0 Å². The molecule has 0 amide bonds. The zero-order chi connectivity index (χ0) is 69.4. The van der Waals surface area contributed by atoms with Crippen LogP contribution in [0.1, 0.15) is 382 Å². The maximum absolute atomic E-state index is 13.1. The number of aliphatic hydroxyl groups excluding tert-OH is 1. The van der Waals surface area contributed by atoms with Gasteiger partial charge in [0, 0.05) is 25.7 Å². The average Bonchev–Trinajstić information content (AvgIpc) is 1.28. The molecule has 0 bridgehead atoms. The zero-order valence-electron chi connectivity index (χ0n) is 61.4. The Morgan fingerprint density at radius 3 is 0.809 bits per heavy atom. The highest BCUT2D eigenvalue weighted by Crippen LogP contribution is 2.45. The van der Waals surface area contributed by atoms with Crippen molar-refractivity contribution in [2.24, 2.45) is 17.8 Å². The Bertz CT molecular complexity index is 1840. The van der Waals surface area contributed by atoms with E-state index in [4.69, 9.17) is 37.0 Å². The van der Waals surface area contributed by atoms with Gasteiger partial charge in [-0.1, -0.05) is 331 Å². The molecular weight excluding hydrogens is 1230 g/mol. The number of hydrogen-bond donors (Lipinski definition) is 3. The summed E-state index contributed by atoms with van der Waals surface area (Å²) in [6.45, 7) is 11.8. The maximum atomic E-state index is 13.1. The van der Waals surface area contributed by atoms with Gasteiger partial charge in [0.2, 0.25) is 0 Å². The SMILES string of the molecule is CCCCCCCC(=O)OC[C@H](COP(=O)(O)OC[C@H](O)COP(=O)(O)OC[C@@H](COC(=O)CCCCCCCCCCCCCCCCC(C)C)OC(=O)CCCCCCCCCCCCCCCCCCCCC(C)CC)OC(=O)CCCCCCCCCC(C)C. The summed E-state index contributed by atoms with van der Waals surface area (Å²) in [5.74, 6) is 0.233. The van der Waals surface area contributed by atoms with Gasteiger partial charge in [0.25, 0.3) is 0 Å². The molecular formula is C75H146O17P2. The van der Waals surface area contributed by atoms with Gasteiger partial charge in [-0.2, -0.15) is 0 Å². The van der Waals surface area contributed by atoms with Crippen LogP contribution in [0.4, 0.5) is 0 Å². The van der Waals surface area contributed by atoms with Gasteiger partial charge in [0.05, 0.1) is 26.4 Å². The molecule has 3 N–H and O–H groups in total. The number of unbranched alkanes of at least 4 members (excludes halogenated alkanes) is 40. The topological polar surface area (TPSA) is 237 Å². The second-order valence-electron chi connectivity index (χ2n) is 28.2. The van der Waals surface area contributed by atoms with E-state index in [0.717, 1.165) is 108 Å². The predicted octanol–water partition coefficient (Wildman–Crippen LogP) is 21.8. The van der Waals surface area contributed by atoms with Gasteiger partial charge >= 0.3 is 39.5 Å². The van der Waals surface area contributed by atoms with E-state index in [1.54, 1.807) is 0 Å². The first-order valence-corrected chi connectivity index (χ1v) is 41.9. The minimum atomic E-state index is -4.95. The van der Waals surface area contributed by atoms with Crippen molar-refractivity contribution in [3.05, 3.63) is 0 Å². The van der Waals surface area contributed by atoms with Gasteiger partial charge in [-0.25, -0.2) is 9.13 Å². The lowest BCUT2D eigenvalue weighted by Crippen LogP contribution is -2.30. The minimum absolute atomic E-state index is 0.102. The fraction of sp³-hybridized carbons (Fsp3) is 0.947. The van der Waals surface area contributed by atoms with E-state index in [-0.39, 0.29) is 25.7 Å². The van der Waals surface area contributed by atoms with Crippen molar-refractivity contribution in [1.82, 2.24) is 0 Å². The lowest BCUT2D eigenvalue weighted by Gasteiger charge is -2.21. The number of rotatable bonds is 73. The first-order chi connectivity index (χ1) is 45.3. The van der Waals surface area contributed by atoms with Crippen LogP contribution in [0.3, 0.4) is 0 Å². The van der Waals surface area contributed by atoms with E-state index in [1.807, 2.05) is 0 Å². The molecule has 0 saturated carbocycles. The Morgan fingerprint density at radius 2 is 0.543 bits per heavy atom. The quantitative estimate of drug-likeness (QED) is 0.0222. The predicted molar refractivity (Wildman–Crippen MR) is 381 cm³/mol. The number of phosphoric ester groups is 2. The number of carbonyl (C=O) groups is 4. The van der Waals surface area contributed by atoms with E-state index in [1.165, 1.54) is 186 Å². The molecule has 0 heterocycles. The van der Waals surface area contributed by atoms with Crippen molar-refractivity contribution < 1.29 is 80.2 Å². The van der Waals surface area contributed by atoms with Crippen molar-refractivity contribution in [2.45, 2.75) is 401 Å². The monoisotopic (exact) mass is 1380 g/mol. The summed E-state index contributed by atoms with van der Waals surface area (Å²) in [5, 5.41) is 10.6. The molecule has 0 aliphatic heterocycles. The van der Waals surface area contributed by atoms with Crippen LogP contribution < -0.4 is 0 Å². The van der Waals surface area contributed by atoms with Gasteiger partial charge in [-0.3, -0.25) is 37.3 Å². The molecule has 6 atom stereocenters. The van der Waals surface area contributed by atoms with E-state index >= 15 is 0 Å². The summed E-state index contributed by atoms with van der Waals surface area (Å²) >= 11 is 0. The van der Waals surface area contributed by atoms with Crippen molar-refractivity contribution in [1.29, 1.82) is 0 Å². The summed E-state index contributed by atoms with van der Waals surface area (Å²) in [6, 6.07) is 0. The molecule has 17 nitrogen and oxygen atoms in total. The highest BCUT2D eigenvalue weighted by atomic mass is 31.2. The molecule has 0 aromatic heterocycles. The van der Waals surface area contributed by atoms with Crippen molar-refractivity contribution in [2.75, 3.05) is 39.6 Å². The number of ether oxygens (including phenoxy) is 4. The van der Waals surface area contributed by atoms with Gasteiger partial charge < -0.3 is 33.8 Å². The average molecular weight is 1380 g/mol. The molecule has 19 heteroatoms. The van der Waals surface area contributed by atoms with Gasteiger partial charge in [-0.05, 0) is 43.4 Å². The molecule has 0 fully saturated rings. The normalized spacial score (nSPS) is 14.4. The molecule has 0 spiro atoms. The van der Waals surface area contributed by atoms with Crippen LogP contribution in [0.5, 0.6) is 0 Å². The van der Waals surface area contributed by atoms with Crippen LogP contribution in [-0.2, 0) is 65.4 Å². The summed E-state index contributed by atoms with van der Waals surface area (Å²) in [5.41, 5.74) is 0. The Hall–Kier alpha value is -1.94. The van der Waals surface area contributed by atoms with Crippen LogP contribution >= 0.6 is 15.6 Å². The van der Waals surface area contributed by atoms with Gasteiger partial charge in [0.1, 0.15) is 19.3 Å². The lowest BCUT2D eigenvalue weighted by molar-refractivity contribution is -0.161. The largest absolute Gasteiger partial charge is 0.472 e. The van der Waals surface area contributed by atoms with Gasteiger partial charge in [0.15, 0.2) is 12.2 Å². The summed E-state index contributed by atoms with van der Waals surface area (Å²) in [7, 11) is -9.90. The molecule has 0 radical (unpaired) electrons. The number of carbonyl (C=O) groups excluding carboxylic acids is 4. The smallest absolute Gasteiger partial charge is 0.462 e. The van der Waals surface area contributed by atoms with Crippen LogP contribution in [0.15, 0.2) is 0 Å². The molecule has 558 valence electrons. The molecule has 0 aromatic rings. The second-order valence-corrected chi connectivity index (χ2v) is 31.1. The number of phosphoric acid groups is 2. The molecule has 0 rings (SSSR count). The van der Waals surface area contributed by atoms with E-state index < -0.39 is 97.5 Å². The third-order valence-corrected chi connectivity index (χ3v) is 19.6. The second kappa shape index (κ2) is 65.7. The Balaban J connectivity index is 5.11. The first kappa shape index (κ1) is 92.1. The van der Waals surface area contributed by atoms with E-state index in [2.05, 4.69) is 48.5 Å². The highest BCUT2D eigenvalue weighted by Gasteiger charge is 2.30. The first-order valence-electron chi connectivity index (χ1n) is 38.9. The fourth-order valence-corrected chi connectivity index (χ4v) is 13.0. The summed E-state index contributed by atoms with van der Waals surface area (Å²) in [4.78, 5) is 72.4. The third-order valence-electron chi connectivity index (χ3n) is 17.7. The standard InChI is InChI=1S/C75H146O17P2/c1-8-10-11-39-49-56-72(77)85-62-70(91-75(80)59-52-45-38-32-34-41-47-54-67(5)6)64-89-93(81,82)87-60-69(76)61-88-94(83,84)90-65-71(63-86-73(78)57-50-43-36-30-26-22-19-18-20-24-28-33-40-46-53-66(3)4)92-74(79)58-51-44-37-31-27-23-17-15-13-12-14-16-21-25-29-35-42-48-55-68(7)9-2/h66-71,76H,8-65H2,1-7H3,(H,81,82)(H,83,84)/t68?,69-,70+,71+/m0/s1. The summed E-state index contributed by atoms with van der Waals surface area (Å²) in [6.07, 6.45) is 52.0. The molecule has 0 aromatic carbocycles. The van der Waals surface area contributed by atoms with Crippen LogP contribution in [0.2, 0.25) is 0 Å². The van der Waals surface area contributed by atoms with Gasteiger partial charge in [-0.15, -0.1) is 0 Å². The molecule has 0 aliphatic rings. The van der Waals surface area contributed by atoms with Crippen molar-refractivity contribution in [3.63, 3.8) is 0 Å². The number of esters is 4. The van der Waals surface area contributed by atoms with Crippen molar-refractivity contribution in [3.8, 4) is 0 Å². The Morgan fingerprint density at radius 1 is 0.309 bits per heavy atom. The fourth-order valence-electron chi connectivity index (χ4n) is 11.4. The maximum Gasteiger partial charge on any atom is 0.472 e. The Kier molecular flexibility index (Phi) is 64.3. The Labute approximate surface area is 575 Å². The third kappa shape index (κ3) is 67.3. The van der Waals surface area contributed by atoms with Crippen LogP contribution in [0, 0.1) is 17.8 Å². The molecule has 94 heavy (non-hydrogen) atoms. The molecule has 3 unspecified atom stereocenters. The number of hydrogen-bond acceptors (Lipinski definition) is 15. The zero-order valence-corrected chi connectivity index (χ0v) is 63.2. The van der Waals surface area contributed by atoms with E-state index in [9.17, 15) is 43.2 Å². The number of aliphatic hydroxyl groups is 1. The lowest BCUT2D eigenvalue weighted by atomic mass is 9.99. The highest BCUT2D eigenvalue weighted by molar-refractivity contribution is 7.47. The summed E-state index contributed by atoms with van der Waals surface area (Å²) < 4.78 is 68.2. The molecule has 0 aliphatic carbocycles. The van der Waals surface area contributed by atoms with Crippen molar-refractivity contribution >= 4 is 39.5 Å². The molecule has 0 saturated heterocycles. The van der Waals surface area contributed by atoms with E-state index in [0.29, 0.717) is 31.6 Å². The minimum Gasteiger partial charge on any atom is -0.462 e. The van der Waals surface area contributed by atoms with Crippen LogP contribution in [-0.4, -0.2) is 96.7 Å².